The maximum atomic E-state index is 13.4. The number of hydrogen-bond acceptors (Lipinski definition) is 5. The Morgan fingerprint density at radius 1 is 1.03 bits per heavy atom. The lowest BCUT2D eigenvalue weighted by molar-refractivity contribution is -0.384. The number of carbonyl (C=O) groups excluding carboxylic acids is 2. The zero-order valence-electron chi connectivity index (χ0n) is 16.8. The number of hydrogen-bond donors (Lipinski definition) is 0. The first kappa shape index (κ1) is 19.8. The Morgan fingerprint density at radius 3 is 2.47 bits per heavy atom. The maximum Gasteiger partial charge on any atom is 0.278 e. The van der Waals surface area contributed by atoms with Crippen molar-refractivity contribution in [1.29, 1.82) is 0 Å². The van der Waals surface area contributed by atoms with Crippen molar-refractivity contribution in [1.82, 2.24) is 4.90 Å². The number of nitro benzene ring substituents is 1. The zero-order chi connectivity index (χ0) is 21.3. The molecule has 0 unspecified atom stereocenters. The molecule has 30 heavy (non-hydrogen) atoms. The van der Waals surface area contributed by atoms with Crippen LogP contribution < -0.4 is 4.90 Å². The number of amides is 2. The zero-order valence-corrected chi connectivity index (χ0v) is 16.8. The highest BCUT2D eigenvalue weighted by molar-refractivity contribution is 6.36. The molecule has 2 aromatic carbocycles. The molecule has 0 saturated carbocycles. The summed E-state index contributed by atoms with van der Waals surface area (Å²) < 4.78 is 0. The van der Waals surface area contributed by atoms with E-state index in [4.69, 9.17) is 0 Å². The van der Waals surface area contributed by atoms with Crippen molar-refractivity contribution < 1.29 is 14.5 Å². The lowest BCUT2D eigenvalue weighted by Gasteiger charge is -2.32. The normalized spacial score (nSPS) is 16.3. The summed E-state index contributed by atoms with van der Waals surface area (Å²) in [6, 6.07) is 13.8. The van der Waals surface area contributed by atoms with E-state index in [1.54, 1.807) is 12.1 Å². The van der Waals surface area contributed by atoms with Gasteiger partial charge in [0.15, 0.2) is 0 Å². The average molecular weight is 405 g/mol. The quantitative estimate of drug-likeness (QED) is 0.413. The van der Waals surface area contributed by atoms with Crippen LogP contribution in [0.1, 0.15) is 37.3 Å². The second-order valence-corrected chi connectivity index (χ2v) is 7.53. The molecule has 2 amide bonds. The Hall–Kier alpha value is -3.48. The second-order valence-electron chi connectivity index (χ2n) is 7.53. The minimum atomic E-state index is -0.477. The predicted molar refractivity (Wildman–Crippen MR) is 114 cm³/mol. The van der Waals surface area contributed by atoms with Crippen LogP contribution in [-0.2, 0) is 16.0 Å². The first-order valence-corrected chi connectivity index (χ1v) is 10.2. The highest BCUT2D eigenvalue weighted by Crippen LogP contribution is 2.38. The van der Waals surface area contributed by atoms with E-state index >= 15 is 0 Å². The minimum absolute atomic E-state index is 0.0520. The molecule has 154 valence electrons. The van der Waals surface area contributed by atoms with E-state index in [1.165, 1.54) is 17.0 Å². The van der Waals surface area contributed by atoms with Crippen LogP contribution in [0.4, 0.5) is 11.4 Å². The number of aryl methyl sites for hydroxylation is 1. The number of benzene rings is 2. The number of nitro groups is 1. The van der Waals surface area contributed by atoms with E-state index < -0.39 is 4.92 Å². The van der Waals surface area contributed by atoms with Crippen LogP contribution in [0.5, 0.6) is 0 Å². The van der Waals surface area contributed by atoms with Crippen LogP contribution in [0, 0.1) is 10.1 Å². The van der Waals surface area contributed by atoms with Gasteiger partial charge >= 0.3 is 0 Å². The maximum absolute atomic E-state index is 13.4. The molecule has 0 N–H and O–H groups in total. The van der Waals surface area contributed by atoms with Gasteiger partial charge in [-0.25, -0.2) is 0 Å². The fourth-order valence-corrected chi connectivity index (χ4v) is 4.11. The highest BCUT2D eigenvalue weighted by atomic mass is 16.6. The third-order valence-corrected chi connectivity index (χ3v) is 5.63. The SMILES string of the molecule is CCCCN1C(=O)C(c2ccc([N+](=O)[O-])cc2)=C(N2CCCc3ccccc32)C1=O. The molecule has 4 rings (SSSR count). The van der Waals surface area contributed by atoms with Gasteiger partial charge in [0.25, 0.3) is 17.5 Å². The summed E-state index contributed by atoms with van der Waals surface area (Å²) in [5, 5.41) is 11.0. The van der Waals surface area contributed by atoms with E-state index in [9.17, 15) is 19.7 Å². The summed E-state index contributed by atoms with van der Waals surface area (Å²) >= 11 is 0. The average Bonchev–Trinajstić information content (AvgIpc) is 3.01. The molecule has 0 aromatic heterocycles. The lowest BCUT2D eigenvalue weighted by Crippen LogP contribution is -2.37. The van der Waals surface area contributed by atoms with Crippen molar-refractivity contribution in [3.8, 4) is 0 Å². The number of nitrogens with zero attached hydrogens (tertiary/aromatic N) is 3. The van der Waals surface area contributed by atoms with E-state index in [-0.39, 0.29) is 17.5 Å². The third kappa shape index (κ3) is 3.36. The van der Waals surface area contributed by atoms with Gasteiger partial charge in [0.05, 0.1) is 10.5 Å². The molecule has 0 saturated heterocycles. The lowest BCUT2D eigenvalue weighted by atomic mass is 9.98. The van der Waals surface area contributed by atoms with Gasteiger partial charge in [0.2, 0.25) is 0 Å². The first-order valence-electron chi connectivity index (χ1n) is 10.2. The van der Waals surface area contributed by atoms with Crippen molar-refractivity contribution in [2.45, 2.75) is 32.6 Å². The molecule has 7 heteroatoms. The Balaban J connectivity index is 1.84. The number of non-ortho nitro benzene ring substituents is 1. The van der Waals surface area contributed by atoms with Crippen LogP contribution in [0.25, 0.3) is 5.57 Å². The number of carbonyl (C=O) groups is 2. The van der Waals surface area contributed by atoms with Gasteiger partial charge in [-0.1, -0.05) is 31.5 Å². The Kier molecular flexibility index (Phi) is 5.35. The fourth-order valence-electron chi connectivity index (χ4n) is 4.11. The second kappa shape index (κ2) is 8.10. The molecular formula is C23H23N3O4. The molecule has 2 aromatic rings. The summed E-state index contributed by atoms with van der Waals surface area (Å²) in [5.41, 5.74) is 3.25. The Morgan fingerprint density at radius 2 is 1.77 bits per heavy atom. The summed E-state index contributed by atoms with van der Waals surface area (Å²) in [6.07, 6.45) is 3.40. The topological polar surface area (TPSA) is 83.8 Å². The molecule has 7 nitrogen and oxygen atoms in total. The van der Waals surface area contributed by atoms with Crippen molar-refractivity contribution in [2.24, 2.45) is 0 Å². The number of para-hydroxylation sites is 1. The number of fused-ring (bicyclic) bond motifs is 1. The van der Waals surface area contributed by atoms with Gasteiger partial charge in [0, 0.05) is 30.9 Å². The van der Waals surface area contributed by atoms with Crippen LogP contribution >= 0.6 is 0 Å². The van der Waals surface area contributed by atoms with E-state index in [0.29, 0.717) is 29.9 Å². The first-order chi connectivity index (χ1) is 14.5. The Bertz CT molecular complexity index is 1040. The third-order valence-electron chi connectivity index (χ3n) is 5.63. The van der Waals surface area contributed by atoms with Gasteiger partial charge in [-0.3, -0.25) is 24.6 Å². The smallest absolute Gasteiger partial charge is 0.278 e. The summed E-state index contributed by atoms with van der Waals surface area (Å²) in [6.45, 7) is 3.02. The molecule has 0 bridgehead atoms. The monoisotopic (exact) mass is 405 g/mol. The van der Waals surface area contributed by atoms with Crippen molar-refractivity contribution in [3.63, 3.8) is 0 Å². The predicted octanol–water partition coefficient (Wildman–Crippen LogP) is 3.93. The van der Waals surface area contributed by atoms with Gasteiger partial charge in [-0.05, 0) is 48.6 Å². The van der Waals surface area contributed by atoms with Gasteiger partial charge in [0.1, 0.15) is 5.70 Å². The minimum Gasteiger partial charge on any atom is -0.336 e. The van der Waals surface area contributed by atoms with E-state index in [1.807, 2.05) is 36.1 Å². The van der Waals surface area contributed by atoms with Gasteiger partial charge in [-0.15, -0.1) is 0 Å². The molecule has 0 radical (unpaired) electrons. The van der Waals surface area contributed by atoms with Crippen LogP contribution in [-0.4, -0.2) is 34.7 Å². The molecule has 2 aliphatic heterocycles. The van der Waals surface area contributed by atoms with Gasteiger partial charge in [-0.2, -0.15) is 0 Å². The molecule has 2 aliphatic rings. The van der Waals surface area contributed by atoms with Gasteiger partial charge < -0.3 is 4.90 Å². The summed E-state index contributed by atoms with van der Waals surface area (Å²) in [4.78, 5) is 40.5. The van der Waals surface area contributed by atoms with E-state index in [0.717, 1.165) is 36.9 Å². The van der Waals surface area contributed by atoms with Crippen molar-refractivity contribution in [3.05, 3.63) is 75.5 Å². The molecule has 0 aliphatic carbocycles. The highest BCUT2D eigenvalue weighted by Gasteiger charge is 2.42. The number of imide groups is 1. The molecule has 0 atom stereocenters. The Labute approximate surface area is 174 Å². The molecule has 2 heterocycles. The van der Waals surface area contributed by atoms with Crippen molar-refractivity contribution in [2.75, 3.05) is 18.0 Å². The standard InChI is InChI=1S/C23H23N3O4/c1-2-3-14-25-22(27)20(17-10-12-18(13-11-17)26(29)30)21(23(25)28)24-15-6-8-16-7-4-5-9-19(16)24/h4-5,7,9-13H,2-3,6,8,14-15H2,1H3. The molecular weight excluding hydrogens is 382 g/mol. The summed E-state index contributed by atoms with van der Waals surface area (Å²) in [5.74, 6) is -0.626. The molecule has 0 spiro atoms. The van der Waals surface area contributed by atoms with Crippen molar-refractivity contribution >= 4 is 28.8 Å². The fraction of sp³-hybridized carbons (Fsp3) is 0.304. The van der Waals surface area contributed by atoms with Crippen LogP contribution in [0.15, 0.2) is 54.2 Å². The van der Waals surface area contributed by atoms with E-state index in [2.05, 4.69) is 0 Å². The van der Waals surface area contributed by atoms with Crippen LogP contribution in [0.2, 0.25) is 0 Å². The number of rotatable bonds is 6. The van der Waals surface area contributed by atoms with Crippen LogP contribution in [0.3, 0.4) is 0 Å². The largest absolute Gasteiger partial charge is 0.336 e. The molecule has 0 fully saturated rings. The number of unbranched alkanes of at least 4 members (excludes halogenated alkanes) is 1. The summed E-state index contributed by atoms with van der Waals surface area (Å²) in [7, 11) is 0. The number of anilines is 1.